The highest BCUT2D eigenvalue weighted by Gasteiger charge is 2.57. The Labute approximate surface area is 208 Å². The number of hydrogen-bond acceptors (Lipinski definition) is 7. The van der Waals surface area contributed by atoms with E-state index < -0.39 is 48.1 Å². The predicted octanol–water partition coefficient (Wildman–Crippen LogP) is 1.31. The van der Waals surface area contributed by atoms with Crippen molar-refractivity contribution in [2.75, 3.05) is 0 Å². The van der Waals surface area contributed by atoms with Gasteiger partial charge in [0.15, 0.2) is 6.29 Å². The highest BCUT2D eigenvalue weighted by atomic mass is 16.6. The van der Waals surface area contributed by atoms with Crippen molar-refractivity contribution >= 4 is 11.8 Å². The zero-order chi connectivity index (χ0) is 25.4. The van der Waals surface area contributed by atoms with Crippen molar-refractivity contribution < 1.29 is 34.8 Å². The van der Waals surface area contributed by atoms with E-state index in [1.165, 1.54) is 12.1 Å². The Balaban J connectivity index is 1.46. The molecule has 0 bridgehead atoms. The number of rotatable bonds is 6. The summed E-state index contributed by atoms with van der Waals surface area (Å²) in [5, 5.41) is 45.1. The number of amides is 2. The number of nitrogens with zero attached hydrogens (tertiary/aromatic N) is 1. The minimum atomic E-state index is -1.84. The van der Waals surface area contributed by atoms with E-state index in [2.05, 4.69) is 0 Å². The molecule has 0 radical (unpaired) electrons. The lowest BCUT2D eigenvalue weighted by Gasteiger charge is -2.48. The van der Waals surface area contributed by atoms with Crippen LogP contribution in [0.5, 0.6) is 0 Å². The van der Waals surface area contributed by atoms with Crippen molar-refractivity contribution in [1.29, 1.82) is 0 Å². The number of hydrogen-bond donors (Lipinski definition) is 4. The molecule has 5 atom stereocenters. The highest BCUT2D eigenvalue weighted by Crippen LogP contribution is 2.36. The number of carbonyl (C=O) groups is 2. The quantitative estimate of drug-likeness (QED) is 0.385. The van der Waals surface area contributed by atoms with Crippen LogP contribution in [0.15, 0.2) is 84.9 Å². The maximum absolute atomic E-state index is 13.0. The number of carbonyl (C=O) groups excluding carboxylic acids is 2. The molecule has 2 heterocycles. The number of aliphatic hydroxyl groups excluding tert-OH is 3. The molecule has 3 aromatic rings. The second-order valence-electron chi connectivity index (χ2n) is 9.37. The van der Waals surface area contributed by atoms with Crippen molar-refractivity contribution in [2.45, 2.75) is 49.1 Å². The van der Waals surface area contributed by atoms with Crippen molar-refractivity contribution in [3.05, 3.63) is 107 Å². The van der Waals surface area contributed by atoms with Crippen molar-refractivity contribution in [2.24, 2.45) is 0 Å². The molecule has 36 heavy (non-hydrogen) atoms. The van der Waals surface area contributed by atoms with E-state index in [0.717, 1.165) is 16.0 Å². The maximum atomic E-state index is 13.0. The molecule has 0 aromatic heterocycles. The summed E-state index contributed by atoms with van der Waals surface area (Å²) in [6.45, 7) is 0. The van der Waals surface area contributed by atoms with Gasteiger partial charge in [-0.1, -0.05) is 72.8 Å². The first-order valence-corrected chi connectivity index (χ1v) is 11.8. The molecule has 2 aliphatic heterocycles. The van der Waals surface area contributed by atoms with Crippen LogP contribution in [0.4, 0.5) is 0 Å². The van der Waals surface area contributed by atoms with Gasteiger partial charge in [-0.3, -0.25) is 14.5 Å². The summed E-state index contributed by atoms with van der Waals surface area (Å²) >= 11 is 0. The fourth-order valence-corrected chi connectivity index (χ4v) is 5.23. The van der Waals surface area contributed by atoms with Crippen LogP contribution in [0.1, 0.15) is 31.8 Å². The minimum Gasteiger partial charge on any atom is -0.388 e. The summed E-state index contributed by atoms with van der Waals surface area (Å²) in [6, 6.07) is 22.8. The van der Waals surface area contributed by atoms with Gasteiger partial charge in [-0.15, -0.1) is 0 Å². The third kappa shape index (κ3) is 4.23. The monoisotopic (exact) mass is 489 g/mol. The largest absolute Gasteiger partial charge is 0.388 e. The van der Waals surface area contributed by atoms with Crippen LogP contribution < -0.4 is 0 Å². The molecular weight excluding hydrogens is 462 g/mol. The molecule has 8 heteroatoms. The van der Waals surface area contributed by atoms with E-state index >= 15 is 0 Å². The maximum Gasteiger partial charge on any atom is 0.262 e. The lowest BCUT2D eigenvalue weighted by molar-refractivity contribution is -0.294. The van der Waals surface area contributed by atoms with E-state index in [1.54, 1.807) is 12.1 Å². The van der Waals surface area contributed by atoms with Crippen LogP contribution in [0.3, 0.4) is 0 Å². The van der Waals surface area contributed by atoms with Crippen LogP contribution in [0.2, 0.25) is 0 Å². The predicted molar refractivity (Wildman–Crippen MR) is 129 cm³/mol. The smallest absolute Gasteiger partial charge is 0.262 e. The van der Waals surface area contributed by atoms with Gasteiger partial charge in [-0.25, -0.2) is 0 Å². The Kier molecular flexibility index (Phi) is 6.46. The Hall–Kier alpha value is -3.40. The van der Waals surface area contributed by atoms with Crippen LogP contribution in [0.25, 0.3) is 0 Å². The van der Waals surface area contributed by atoms with Crippen LogP contribution in [-0.4, -0.2) is 73.4 Å². The van der Waals surface area contributed by atoms with Gasteiger partial charge in [0.2, 0.25) is 0 Å². The molecule has 0 aliphatic carbocycles. The zero-order valence-electron chi connectivity index (χ0n) is 19.3. The molecule has 1 fully saturated rings. The first-order chi connectivity index (χ1) is 17.3. The topological polar surface area (TPSA) is 128 Å². The average molecular weight is 490 g/mol. The van der Waals surface area contributed by atoms with E-state index in [1.807, 2.05) is 60.7 Å². The summed E-state index contributed by atoms with van der Waals surface area (Å²) < 4.78 is 5.75. The Morgan fingerprint density at radius 3 is 1.61 bits per heavy atom. The van der Waals surface area contributed by atoms with Gasteiger partial charge in [-0.05, 0) is 23.3 Å². The molecular formula is C28H27NO7. The van der Waals surface area contributed by atoms with E-state index in [-0.39, 0.29) is 24.0 Å². The Bertz CT molecular complexity index is 1170. The summed E-state index contributed by atoms with van der Waals surface area (Å²) in [7, 11) is 0. The Morgan fingerprint density at radius 1 is 0.694 bits per heavy atom. The summed E-state index contributed by atoms with van der Waals surface area (Å²) in [4.78, 5) is 26.7. The molecule has 1 saturated heterocycles. The molecule has 0 unspecified atom stereocenters. The first-order valence-electron chi connectivity index (χ1n) is 11.8. The lowest BCUT2D eigenvalue weighted by atomic mass is 9.78. The van der Waals surface area contributed by atoms with Crippen molar-refractivity contribution in [3.63, 3.8) is 0 Å². The average Bonchev–Trinajstić information content (AvgIpc) is 3.13. The molecule has 8 nitrogen and oxygen atoms in total. The van der Waals surface area contributed by atoms with Gasteiger partial charge in [-0.2, -0.15) is 0 Å². The molecule has 0 spiro atoms. The Morgan fingerprint density at radius 2 is 1.14 bits per heavy atom. The molecule has 5 rings (SSSR count). The fourth-order valence-electron chi connectivity index (χ4n) is 5.23. The number of fused-ring (bicyclic) bond motifs is 1. The molecule has 2 aliphatic rings. The van der Waals surface area contributed by atoms with E-state index in [4.69, 9.17) is 4.74 Å². The van der Waals surface area contributed by atoms with Crippen molar-refractivity contribution in [1.82, 2.24) is 4.90 Å². The summed E-state index contributed by atoms with van der Waals surface area (Å²) in [5.74, 6) is -1.39. The number of benzene rings is 3. The minimum absolute atomic E-state index is 0.0571. The van der Waals surface area contributed by atoms with Gasteiger partial charge >= 0.3 is 0 Å². The highest BCUT2D eigenvalue weighted by molar-refractivity contribution is 6.21. The lowest BCUT2D eigenvalue weighted by Crippen LogP contribution is -2.69. The third-order valence-corrected chi connectivity index (χ3v) is 6.95. The van der Waals surface area contributed by atoms with E-state index in [9.17, 15) is 30.0 Å². The zero-order valence-corrected chi connectivity index (χ0v) is 19.3. The van der Waals surface area contributed by atoms with Crippen LogP contribution in [-0.2, 0) is 17.6 Å². The normalized spacial score (nSPS) is 26.2. The third-order valence-electron chi connectivity index (χ3n) is 6.95. The van der Waals surface area contributed by atoms with Gasteiger partial charge in [0, 0.05) is 12.8 Å². The van der Waals surface area contributed by atoms with Gasteiger partial charge in [0.05, 0.1) is 11.1 Å². The molecule has 186 valence electrons. The van der Waals surface area contributed by atoms with Gasteiger partial charge in [0.25, 0.3) is 11.8 Å². The SMILES string of the molecule is O=C1c2ccccc2C(=O)N1[C@H]1[C@@H](O)[C@H](O)[C@@H](C(O)(Cc2ccccc2)Cc2ccccc2)O[C@@H]1O. The number of imide groups is 1. The number of aliphatic hydroxyl groups is 4. The van der Waals surface area contributed by atoms with Crippen LogP contribution >= 0.6 is 0 Å². The van der Waals surface area contributed by atoms with E-state index in [0.29, 0.717) is 0 Å². The summed E-state index contributed by atoms with van der Waals surface area (Å²) in [6.07, 6.45) is -6.62. The summed E-state index contributed by atoms with van der Waals surface area (Å²) in [5.41, 5.74) is 0.0690. The standard InChI is InChI=1S/C28H27NO7/c30-22-21(29-25(32)19-13-7-8-14-20(19)26(29)33)27(34)36-24(23(22)31)28(35,15-17-9-3-1-4-10-17)16-18-11-5-2-6-12-18/h1-14,21-24,27,30-31,34-35H,15-16H2/t21-,22+,23-,24-,27-/m0/s1. The van der Waals surface area contributed by atoms with Crippen molar-refractivity contribution in [3.8, 4) is 0 Å². The second-order valence-corrected chi connectivity index (χ2v) is 9.37. The molecule has 4 N–H and O–H groups in total. The first kappa shape index (κ1) is 24.3. The second kappa shape index (κ2) is 9.57. The van der Waals surface area contributed by atoms with Crippen LogP contribution in [0, 0.1) is 0 Å². The molecule has 2 amide bonds. The fraction of sp³-hybridized carbons (Fsp3) is 0.286. The molecule has 0 saturated carbocycles. The van der Waals surface area contributed by atoms with Gasteiger partial charge in [0.1, 0.15) is 30.0 Å². The number of ether oxygens (including phenoxy) is 1. The van der Waals surface area contributed by atoms with Gasteiger partial charge < -0.3 is 25.2 Å². The molecule has 3 aromatic carbocycles.